The van der Waals surface area contributed by atoms with Crippen LogP contribution in [0.5, 0.6) is 5.75 Å². The summed E-state index contributed by atoms with van der Waals surface area (Å²) in [5.41, 5.74) is 2.02. The Kier molecular flexibility index (Phi) is 3.67. The van der Waals surface area contributed by atoms with E-state index in [1.54, 1.807) is 12.1 Å². The molecule has 0 amide bonds. The average molecular weight is 242 g/mol. The van der Waals surface area contributed by atoms with E-state index in [9.17, 15) is 4.79 Å². The van der Waals surface area contributed by atoms with E-state index < -0.39 is 0 Å². The number of ether oxygens (including phenoxy) is 1. The fourth-order valence-corrected chi connectivity index (χ4v) is 1.59. The Hall–Kier alpha value is -2.23. The van der Waals surface area contributed by atoms with Gasteiger partial charge in [0.05, 0.1) is 12.3 Å². The number of carbonyl (C=O) groups excluding carboxylic acids is 1. The van der Waals surface area contributed by atoms with Crippen molar-refractivity contribution >= 4 is 5.78 Å². The van der Waals surface area contributed by atoms with E-state index in [1.807, 2.05) is 31.2 Å². The van der Waals surface area contributed by atoms with Gasteiger partial charge in [-0.3, -0.25) is 4.79 Å². The summed E-state index contributed by atoms with van der Waals surface area (Å²) in [5.74, 6) is 0.713. The largest absolute Gasteiger partial charge is 0.494 e. The Bertz CT molecular complexity index is 550. The Balaban J connectivity index is 2.30. The molecule has 92 valence electrons. The molecule has 0 aliphatic carbocycles. The molecule has 1 aromatic heterocycles. The van der Waals surface area contributed by atoms with Gasteiger partial charge in [-0.2, -0.15) is 0 Å². The highest BCUT2D eigenvalue weighted by molar-refractivity contribution is 5.92. The molecule has 0 atom stereocenters. The maximum atomic E-state index is 11.1. The number of carbonyl (C=O) groups is 1. The van der Waals surface area contributed by atoms with Crippen molar-refractivity contribution in [3.8, 4) is 17.0 Å². The Morgan fingerprint density at radius 2 is 2.06 bits per heavy atom. The number of hydrogen-bond donors (Lipinski definition) is 0. The van der Waals surface area contributed by atoms with Crippen molar-refractivity contribution in [3.05, 3.63) is 42.1 Å². The molecule has 4 nitrogen and oxygen atoms in total. The third-order valence-electron chi connectivity index (χ3n) is 2.47. The van der Waals surface area contributed by atoms with Gasteiger partial charge in [0.1, 0.15) is 11.4 Å². The minimum atomic E-state index is -0.0860. The zero-order valence-electron chi connectivity index (χ0n) is 10.4. The van der Waals surface area contributed by atoms with Crippen molar-refractivity contribution in [1.29, 1.82) is 0 Å². The van der Waals surface area contributed by atoms with Gasteiger partial charge in [-0.1, -0.05) is 12.1 Å². The van der Waals surface area contributed by atoms with Crippen LogP contribution in [0.25, 0.3) is 11.3 Å². The number of Topliss-reactive ketones (excluding diaryl/α,β-unsaturated/α-hetero) is 1. The fourth-order valence-electron chi connectivity index (χ4n) is 1.59. The van der Waals surface area contributed by atoms with E-state index in [0.29, 0.717) is 12.3 Å². The zero-order chi connectivity index (χ0) is 13.0. The van der Waals surface area contributed by atoms with Gasteiger partial charge in [0.15, 0.2) is 5.78 Å². The normalized spacial score (nSPS) is 10.1. The zero-order valence-corrected chi connectivity index (χ0v) is 10.4. The molecule has 0 aliphatic rings. The van der Waals surface area contributed by atoms with Crippen LogP contribution in [0.1, 0.15) is 24.3 Å². The molecule has 0 radical (unpaired) electrons. The summed E-state index contributed by atoms with van der Waals surface area (Å²) in [4.78, 5) is 11.1. The first-order valence-electron chi connectivity index (χ1n) is 5.78. The summed E-state index contributed by atoms with van der Waals surface area (Å²) >= 11 is 0. The van der Waals surface area contributed by atoms with Gasteiger partial charge in [-0.15, -0.1) is 10.2 Å². The van der Waals surface area contributed by atoms with Crippen LogP contribution in [0.3, 0.4) is 0 Å². The SMILES string of the molecule is CCOc1cccc(-c2ccc(C(C)=O)nn2)c1. The second-order valence-corrected chi connectivity index (χ2v) is 3.82. The molecule has 1 heterocycles. The Morgan fingerprint density at radius 1 is 1.22 bits per heavy atom. The quantitative estimate of drug-likeness (QED) is 0.773. The molecule has 0 bridgehead atoms. The first-order chi connectivity index (χ1) is 8.70. The van der Waals surface area contributed by atoms with E-state index in [-0.39, 0.29) is 5.78 Å². The van der Waals surface area contributed by atoms with Crippen LogP contribution < -0.4 is 4.74 Å². The van der Waals surface area contributed by atoms with Gasteiger partial charge in [-0.25, -0.2) is 0 Å². The number of ketones is 1. The highest BCUT2D eigenvalue weighted by atomic mass is 16.5. The monoisotopic (exact) mass is 242 g/mol. The van der Waals surface area contributed by atoms with Crippen LogP contribution in [0.15, 0.2) is 36.4 Å². The summed E-state index contributed by atoms with van der Waals surface area (Å²) in [6.07, 6.45) is 0. The van der Waals surface area contributed by atoms with Crippen molar-refractivity contribution in [2.24, 2.45) is 0 Å². The maximum absolute atomic E-state index is 11.1. The fraction of sp³-hybridized carbons (Fsp3) is 0.214. The second kappa shape index (κ2) is 5.40. The van der Waals surface area contributed by atoms with Gasteiger partial charge >= 0.3 is 0 Å². The third kappa shape index (κ3) is 2.71. The van der Waals surface area contributed by atoms with Gasteiger partial charge in [0.25, 0.3) is 0 Å². The standard InChI is InChI=1S/C14H14N2O2/c1-3-18-12-6-4-5-11(9-12)14-8-7-13(10(2)17)15-16-14/h4-9H,3H2,1-2H3. The van der Waals surface area contributed by atoms with E-state index in [1.165, 1.54) is 6.92 Å². The van der Waals surface area contributed by atoms with Crippen molar-refractivity contribution in [3.63, 3.8) is 0 Å². The van der Waals surface area contributed by atoms with Gasteiger partial charge < -0.3 is 4.74 Å². The Labute approximate surface area is 106 Å². The van der Waals surface area contributed by atoms with Crippen LogP contribution >= 0.6 is 0 Å². The number of rotatable bonds is 4. The molecule has 0 unspecified atom stereocenters. The molecule has 0 N–H and O–H groups in total. The summed E-state index contributed by atoms with van der Waals surface area (Å²) in [5, 5.41) is 7.93. The third-order valence-corrected chi connectivity index (χ3v) is 2.47. The lowest BCUT2D eigenvalue weighted by atomic mass is 10.1. The molecule has 2 rings (SSSR count). The van der Waals surface area contributed by atoms with Crippen LogP contribution in [-0.2, 0) is 0 Å². The Morgan fingerprint density at radius 3 is 2.67 bits per heavy atom. The number of hydrogen-bond acceptors (Lipinski definition) is 4. The average Bonchev–Trinajstić information content (AvgIpc) is 2.39. The van der Waals surface area contributed by atoms with E-state index >= 15 is 0 Å². The highest BCUT2D eigenvalue weighted by Crippen LogP contribution is 2.21. The summed E-state index contributed by atoms with van der Waals surface area (Å²) in [6.45, 7) is 4.03. The second-order valence-electron chi connectivity index (χ2n) is 3.82. The minimum Gasteiger partial charge on any atom is -0.494 e. The van der Waals surface area contributed by atoms with E-state index in [2.05, 4.69) is 10.2 Å². The summed E-state index contributed by atoms with van der Waals surface area (Å²) in [6, 6.07) is 11.1. The molecule has 2 aromatic rings. The lowest BCUT2D eigenvalue weighted by molar-refractivity contribution is 0.101. The molecule has 0 fully saturated rings. The molecular formula is C14H14N2O2. The first kappa shape index (κ1) is 12.2. The number of nitrogens with zero attached hydrogens (tertiary/aromatic N) is 2. The molecule has 0 aliphatic heterocycles. The molecule has 0 saturated carbocycles. The molecule has 0 spiro atoms. The van der Waals surface area contributed by atoms with Gasteiger partial charge in [0, 0.05) is 12.5 Å². The lowest BCUT2D eigenvalue weighted by Gasteiger charge is -2.05. The molecule has 18 heavy (non-hydrogen) atoms. The molecule has 1 aromatic carbocycles. The van der Waals surface area contributed by atoms with E-state index in [4.69, 9.17) is 4.74 Å². The summed E-state index contributed by atoms with van der Waals surface area (Å²) < 4.78 is 5.43. The van der Waals surface area contributed by atoms with Crippen molar-refractivity contribution in [1.82, 2.24) is 10.2 Å². The van der Waals surface area contributed by atoms with Gasteiger partial charge in [-0.05, 0) is 31.2 Å². The van der Waals surface area contributed by atoms with Crippen molar-refractivity contribution < 1.29 is 9.53 Å². The van der Waals surface area contributed by atoms with Crippen LogP contribution in [-0.4, -0.2) is 22.6 Å². The first-order valence-corrected chi connectivity index (χ1v) is 5.78. The maximum Gasteiger partial charge on any atom is 0.180 e. The van der Waals surface area contributed by atoms with Crippen LogP contribution in [0.2, 0.25) is 0 Å². The molecule has 4 heteroatoms. The summed E-state index contributed by atoms with van der Waals surface area (Å²) in [7, 11) is 0. The smallest absolute Gasteiger partial charge is 0.180 e. The molecular weight excluding hydrogens is 228 g/mol. The predicted octanol–water partition coefficient (Wildman–Crippen LogP) is 2.74. The van der Waals surface area contributed by atoms with Crippen LogP contribution in [0.4, 0.5) is 0 Å². The lowest BCUT2D eigenvalue weighted by Crippen LogP contribution is -1.99. The van der Waals surface area contributed by atoms with Crippen molar-refractivity contribution in [2.75, 3.05) is 6.61 Å². The number of benzene rings is 1. The highest BCUT2D eigenvalue weighted by Gasteiger charge is 2.05. The van der Waals surface area contributed by atoms with E-state index in [0.717, 1.165) is 17.0 Å². The topological polar surface area (TPSA) is 52.1 Å². The van der Waals surface area contributed by atoms with Gasteiger partial charge in [0.2, 0.25) is 0 Å². The van der Waals surface area contributed by atoms with Crippen LogP contribution in [0, 0.1) is 0 Å². The van der Waals surface area contributed by atoms with Crippen molar-refractivity contribution in [2.45, 2.75) is 13.8 Å². The number of aromatic nitrogens is 2. The molecule has 0 saturated heterocycles. The predicted molar refractivity (Wildman–Crippen MR) is 68.6 cm³/mol. The minimum absolute atomic E-state index is 0.0860.